The molecule has 0 radical (unpaired) electrons. The molecule has 2 N–H and O–H groups in total. The highest BCUT2D eigenvalue weighted by Crippen LogP contribution is 2.23. The van der Waals surface area contributed by atoms with Gasteiger partial charge in [-0.3, -0.25) is 15.2 Å². The molecule has 1 unspecified atom stereocenters. The van der Waals surface area contributed by atoms with Gasteiger partial charge in [0.2, 0.25) is 0 Å². The van der Waals surface area contributed by atoms with Crippen molar-refractivity contribution in [1.29, 1.82) is 0 Å². The second-order valence-corrected chi connectivity index (χ2v) is 4.89. The van der Waals surface area contributed by atoms with Crippen LogP contribution in [0.2, 0.25) is 0 Å². The van der Waals surface area contributed by atoms with Crippen molar-refractivity contribution in [3.63, 3.8) is 0 Å². The monoisotopic (exact) mass is 282 g/mol. The summed E-state index contributed by atoms with van der Waals surface area (Å²) in [5.41, 5.74) is 3.07. The molecule has 0 fully saturated rings. The van der Waals surface area contributed by atoms with E-state index >= 15 is 0 Å². The molecule has 0 aliphatic carbocycles. The Morgan fingerprint density at radius 1 is 1.24 bits per heavy atom. The van der Waals surface area contributed by atoms with Crippen LogP contribution in [0.25, 0.3) is 10.9 Å². The Morgan fingerprint density at radius 3 is 2.71 bits per heavy atom. The third-order valence-corrected chi connectivity index (χ3v) is 3.43. The van der Waals surface area contributed by atoms with Crippen LogP contribution in [0.3, 0.4) is 0 Å². The molecule has 3 rings (SSSR count). The molecule has 3 aromatic rings. The van der Waals surface area contributed by atoms with Gasteiger partial charge in [-0.25, -0.2) is 0 Å². The summed E-state index contributed by atoms with van der Waals surface area (Å²) in [6.07, 6.45) is 1.77. The van der Waals surface area contributed by atoms with E-state index in [1.807, 2.05) is 25.1 Å². The van der Waals surface area contributed by atoms with E-state index in [0.717, 1.165) is 22.2 Å². The normalized spacial score (nSPS) is 12.2. The molecule has 1 heterocycles. The van der Waals surface area contributed by atoms with E-state index < -0.39 is 4.92 Å². The van der Waals surface area contributed by atoms with Gasteiger partial charge in [0.25, 0.3) is 5.69 Å². The lowest BCUT2D eigenvalue weighted by Gasteiger charge is -2.15. The number of hydrogen-bond acceptors (Lipinski definition) is 4. The fourth-order valence-corrected chi connectivity index (χ4v) is 2.25. The molecular weight excluding hydrogens is 268 g/mol. The molecule has 0 saturated carbocycles. The second-order valence-electron chi connectivity index (χ2n) is 4.89. The minimum absolute atomic E-state index is 0.0511. The summed E-state index contributed by atoms with van der Waals surface area (Å²) in [5, 5.41) is 22.0. The minimum atomic E-state index is -0.394. The molecule has 1 aromatic heterocycles. The first-order valence-electron chi connectivity index (χ1n) is 6.57. The number of nitro groups is 1. The van der Waals surface area contributed by atoms with Gasteiger partial charge >= 0.3 is 0 Å². The number of nitro benzene ring substituents is 1. The zero-order valence-electron chi connectivity index (χ0n) is 11.4. The van der Waals surface area contributed by atoms with Crippen LogP contribution in [0.1, 0.15) is 18.5 Å². The molecule has 2 aromatic carbocycles. The summed E-state index contributed by atoms with van der Waals surface area (Å²) >= 11 is 0. The van der Waals surface area contributed by atoms with Crippen LogP contribution in [0.5, 0.6) is 0 Å². The van der Waals surface area contributed by atoms with Crippen molar-refractivity contribution in [3.05, 3.63) is 64.3 Å². The van der Waals surface area contributed by atoms with Crippen LogP contribution < -0.4 is 5.32 Å². The molecule has 0 spiro atoms. The van der Waals surface area contributed by atoms with Crippen molar-refractivity contribution in [3.8, 4) is 0 Å². The van der Waals surface area contributed by atoms with Gasteiger partial charge in [-0.05, 0) is 30.7 Å². The maximum absolute atomic E-state index is 10.7. The van der Waals surface area contributed by atoms with E-state index in [9.17, 15) is 10.1 Å². The molecule has 0 bridgehead atoms. The zero-order valence-corrected chi connectivity index (χ0v) is 11.4. The van der Waals surface area contributed by atoms with Crippen LogP contribution in [0.15, 0.2) is 48.7 Å². The fourth-order valence-electron chi connectivity index (χ4n) is 2.25. The van der Waals surface area contributed by atoms with Gasteiger partial charge in [0.15, 0.2) is 0 Å². The number of aromatic amines is 1. The summed E-state index contributed by atoms with van der Waals surface area (Å²) < 4.78 is 0. The Hall–Kier alpha value is -2.89. The number of non-ortho nitro benzene ring substituents is 1. The van der Waals surface area contributed by atoms with Gasteiger partial charge in [0, 0.05) is 29.2 Å². The van der Waals surface area contributed by atoms with Crippen molar-refractivity contribution >= 4 is 22.3 Å². The van der Waals surface area contributed by atoms with E-state index in [4.69, 9.17) is 0 Å². The number of hydrogen-bond donors (Lipinski definition) is 2. The van der Waals surface area contributed by atoms with Gasteiger partial charge in [-0.2, -0.15) is 5.10 Å². The number of nitrogens with one attached hydrogen (secondary N) is 2. The first-order valence-corrected chi connectivity index (χ1v) is 6.57. The van der Waals surface area contributed by atoms with Crippen LogP contribution in [0, 0.1) is 10.1 Å². The average molecular weight is 282 g/mol. The molecule has 0 aliphatic rings. The largest absolute Gasteiger partial charge is 0.379 e. The minimum Gasteiger partial charge on any atom is -0.379 e. The summed E-state index contributed by atoms with van der Waals surface area (Å²) in [4.78, 5) is 10.3. The molecule has 0 aliphatic heterocycles. The molecule has 106 valence electrons. The predicted octanol–water partition coefficient (Wildman–Crippen LogP) is 3.64. The lowest BCUT2D eigenvalue weighted by Crippen LogP contribution is -2.06. The number of aromatic nitrogens is 2. The SMILES string of the molecule is CC(Nc1ccc2[nH]ncc2c1)c1ccc([N+](=O)[O-])cc1. The van der Waals surface area contributed by atoms with Crippen molar-refractivity contribution < 1.29 is 4.92 Å². The molecule has 0 saturated heterocycles. The number of rotatable bonds is 4. The average Bonchev–Trinajstić information content (AvgIpc) is 2.95. The fraction of sp³-hybridized carbons (Fsp3) is 0.133. The third kappa shape index (κ3) is 2.69. The Labute approximate surface area is 121 Å². The Balaban J connectivity index is 1.78. The van der Waals surface area contributed by atoms with Crippen LogP contribution >= 0.6 is 0 Å². The third-order valence-electron chi connectivity index (χ3n) is 3.43. The maximum atomic E-state index is 10.7. The van der Waals surface area contributed by atoms with Gasteiger partial charge in [0.05, 0.1) is 16.6 Å². The number of fused-ring (bicyclic) bond motifs is 1. The Kier molecular flexibility index (Phi) is 3.27. The molecule has 6 heteroatoms. The lowest BCUT2D eigenvalue weighted by molar-refractivity contribution is -0.384. The molecule has 0 amide bonds. The summed E-state index contributed by atoms with van der Waals surface area (Å²) in [5.74, 6) is 0. The highest BCUT2D eigenvalue weighted by Gasteiger charge is 2.09. The van der Waals surface area contributed by atoms with E-state index in [2.05, 4.69) is 15.5 Å². The molecular formula is C15H14N4O2. The number of anilines is 1. The van der Waals surface area contributed by atoms with Crippen molar-refractivity contribution in [2.45, 2.75) is 13.0 Å². The van der Waals surface area contributed by atoms with Gasteiger partial charge in [0.1, 0.15) is 0 Å². The van der Waals surface area contributed by atoms with Gasteiger partial charge < -0.3 is 5.32 Å². The first kappa shape index (κ1) is 13.1. The number of nitrogens with zero attached hydrogens (tertiary/aromatic N) is 2. The molecule has 6 nitrogen and oxygen atoms in total. The van der Waals surface area contributed by atoms with Gasteiger partial charge in [-0.15, -0.1) is 0 Å². The van der Waals surface area contributed by atoms with E-state index in [1.165, 1.54) is 12.1 Å². The lowest BCUT2D eigenvalue weighted by atomic mass is 10.1. The van der Waals surface area contributed by atoms with E-state index in [1.54, 1.807) is 18.3 Å². The Bertz CT molecular complexity index is 780. The quantitative estimate of drug-likeness (QED) is 0.565. The zero-order chi connectivity index (χ0) is 14.8. The van der Waals surface area contributed by atoms with Crippen molar-refractivity contribution in [2.75, 3.05) is 5.32 Å². The summed E-state index contributed by atoms with van der Waals surface area (Å²) in [7, 11) is 0. The summed E-state index contributed by atoms with van der Waals surface area (Å²) in [6.45, 7) is 2.01. The maximum Gasteiger partial charge on any atom is 0.269 e. The highest BCUT2D eigenvalue weighted by atomic mass is 16.6. The summed E-state index contributed by atoms with van der Waals surface area (Å²) in [6, 6.07) is 12.6. The highest BCUT2D eigenvalue weighted by molar-refractivity contribution is 5.81. The van der Waals surface area contributed by atoms with Crippen molar-refractivity contribution in [1.82, 2.24) is 10.2 Å². The number of H-pyrrole nitrogens is 1. The van der Waals surface area contributed by atoms with Gasteiger partial charge in [-0.1, -0.05) is 12.1 Å². The number of benzene rings is 2. The topological polar surface area (TPSA) is 83.8 Å². The van der Waals surface area contributed by atoms with Crippen LogP contribution in [-0.4, -0.2) is 15.1 Å². The van der Waals surface area contributed by atoms with E-state index in [-0.39, 0.29) is 11.7 Å². The molecule has 1 atom stereocenters. The molecule has 21 heavy (non-hydrogen) atoms. The van der Waals surface area contributed by atoms with Crippen molar-refractivity contribution in [2.24, 2.45) is 0 Å². The second kappa shape index (κ2) is 5.24. The smallest absolute Gasteiger partial charge is 0.269 e. The van der Waals surface area contributed by atoms with Crippen LogP contribution in [-0.2, 0) is 0 Å². The van der Waals surface area contributed by atoms with Crippen LogP contribution in [0.4, 0.5) is 11.4 Å². The van der Waals surface area contributed by atoms with E-state index in [0.29, 0.717) is 0 Å². The standard InChI is InChI=1S/C15H14N4O2/c1-10(11-2-5-14(6-3-11)19(20)21)17-13-4-7-15-12(8-13)9-16-18-15/h2-10,17H,1H3,(H,16,18). The Morgan fingerprint density at radius 2 is 2.00 bits per heavy atom. The first-order chi connectivity index (χ1) is 10.1. The predicted molar refractivity (Wildman–Crippen MR) is 81.2 cm³/mol.